The lowest BCUT2D eigenvalue weighted by molar-refractivity contribution is 0.0970. The van der Waals surface area contributed by atoms with Crippen LogP contribution in [0.4, 0.5) is 5.69 Å². The topological polar surface area (TPSA) is 91.6 Å². The Morgan fingerprint density at radius 1 is 1.39 bits per heavy atom. The second-order valence-electron chi connectivity index (χ2n) is 5.92. The van der Waals surface area contributed by atoms with Crippen molar-refractivity contribution in [2.75, 3.05) is 0 Å². The van der Waals surface area contributed by atoms with Crippen molar-refractivity contribution in [3.63, 3.8) is 0 Å². The first kappa shape index (κ1) is 16.8. The number of Topliss-reactive ketones (excluding diaryl/α,β-unsaturated/α-hetero) is 1. The highest BCUT2D eigenvalue weighted by Gasteiger charge is 2.26. The minimum absolute atomic E-state index is 0.0616. The van der Waals surface area contributed by atoms with Gasteiger partial charge in [-0.05, 0) is 18.2 Å². The third-order valence-corrected chi connectivity index (χ3v) is 3.20. The van der Waals surface area contributed by atoms with E-state index in [-0.39, 0.29) is 11.1 Å². The van der Waals surface area contributed by atoms with E-state index in [0.717, 1.165) is 0 Å². The summed E-state index contributed by atoms with van der Waals surface area (Å²) in [5.41, 5.74) is 0.239. The van der Waals surface area contributed by atoms with Crippen LogP contribution in [-0.4, -0.2) is 17.0 Å². The molecule has 0 N–H and O–H groups in total. The van der Waals surface area contributed by atoms with Crippen LogP contribution in [0.1, 0.15) is 37.0 Å². The third-order valence-electron chi connectivity index (χ3n) is 2.97. The molecule has 0 fully saturated rings. The lowest BCUT2D eigenvalue weighted by atomic mass is 9.93. The number of carbonyl (C=O) groups is 1. The molecule has 1 atom stereocenters. The SMILES string of the molecule is CC(C)(C)c1cc(C(=O)C(C#N)N=Nc2cccc(Cl)c2)no1. The summed E-state index contributed by atoms with van der Waals surface area (Å²) in [6.45, 7) is 5.80. The van der Waals surface area contributed by atoms with Gasteiger partial charge in [-0.3, -0.25) is 4.79 Å². The summed E-state index contributed by atoms with van der Waals surface area (Å²) in [5.74, 6) is 0.00171. The first-order valence-electron chi connectivity index (χ1n) is 6.88. The minimum Gasteiger partial charge on any atom is -0.360 e. The Labute approximate surface area is 138 Å². The lowest BCUT2D eigenvalue weighted by Crippen LogP contribution is -2.16. The number of aromatic nitrogens is 1. The molecule has 2 rings (SSSR count). The van der Waals surface area contributed by atoms with Crippen molar-refractivity contribution in [1.29, 1.82) is 5.26 Å². The van der Waals surface area contributed by atoms with Gasteiger partial charge in [-0.1, -0.05) is 43.6 Å². The molecule has 0 saturated carbocycles. The Hall–Kier alpha value is -2.52. The van der Waals surface area contributed by atoms with Gasteiger partial charge >= 0.3 is 0 Å². The van der Waals surface area contributed by atoms with Crippen LogP contribution in [0.3, 0.4) is 0 Å². The molecule has 0 amide bonds. The summed E-state index contributed by atoms with van der Waals surface area (Å²) in [5, 5.41) is 21.0. The van der Waals surface area contributed by atoms with Crippen molar-refractivity contribution < 1.29 is 9.32 Å². The molecule has 0 radical (unpaired) electrons. The number of hydrogen-bond acceptors (Lipinski definition) is 6. The van der Waals surface area contributed by atoms with Crippen molar-refractivity contribution in [1.82, 2.24) is 5.16 Å². The van der Waals surface area contributed by atoms with E-state index < -0.39 is 11.8 Å². The summed E-state index contributed by atoms with van der Waals surface area (Å²) >= 11 is 5.84. The van der Waals surface area contributed by atoms with Gasteiger partial charge < -0.3 is 4.52 Å². The zero-order valence-electron chi connectivity index (χ0n) is 12.9. The maximum atomic E-state index is 12.3. The predicted octanol–water partition coefficient (Wildman–Crippen LogP) is 4.48. The minimum atomic E-state index is -1.29. The van der Waals surface area contributed by atoms with Crippen molar-refractivity contribution in [2.45, 2.75) is 32.2 Å². The Balaban J connectivity index is 2.19. The zero-order chi connectivity index (χ0) is 17.0. The summed E-state index contributed by atoms with van der Waals surface area (Å²) in [6.07, 6.45) is 0. The van der Waals surface area contributed by atoms with E-state index in [1.807, 2.05) is 26.8 Å². The van der Waals surface area contributed by atoms with Crippen LogP contribution in [-0.2, 0) is 5.41 Å². The van der Waals surface area contributed by atoms with E-state index in [1.165, 1.54) is 6.07 Å². The fraction of sp³-hybridized carbons (Fsp3) is 0.312. The summed E-state index contributed by atoms with van der Waals surface area (Å²) < 4.78 is 5.15. The maximum Gasteiger partial charge on any atom is 0.225 e. The van der Waals surface area contributed by atoms with Crippen molar-refractivity contribution >= 4 is 23.1 Å². The molecule has 118 valence electrons. The number of benzene rings is 1. The number of rotatable bonds is 4. The Kier molecular flexibility index (Phi) is 4.92. The van der Waals surface area contributed by atoms with E-state index in [2.05, 4.69) is 15.4 Å². The second kappa shape index (κ2) is 6.71. The average molecular weight is 331 g/mol. The quantitative estimate of drug-likeness (QED) is 0.610. The molecule has 7 heteroatoms. The zero-order valence-corrected chi connectivity index (χ0v) is 13.7. The third kappa shape index (κ3) is 4.24. The van der Waals surface area contributed by atoms with E-state index >= 15 is 0 Å². The summed E-state index contributed by atoms with van der Waals surface area (Å²) in [6, 6.07) is 8.70. The molecule has 2 aromatic rings. The molecule has 0 saturated heterocycles. The van der Waals surface area contributed by atoms with Crippen LogP contribution in [0, 0.1) is 11.3 Å². The normalized spacial score (nSPS) is 13.0. The van der Waals surface area contributed by atoms with Gasteiger partial charge in [0.15, 0.2) is 5.69 Å². The highest BCUT2D eigenvalue weighted by molar-refractivity contribution is 6.30. The smallest absolute Gasteiger partial charge is 0.225 e. The van der Waals surface area contributed by atoms with Gasteiger partial charge in [0, 0.05) is 16.5 Å². The lowest BCUT2D eigenvalue weighted by Gasteiger charge is -2.12. The predicted molar refractivity (Wildman–Crippen MR) is 84.9 cm³/mol. The first-order chi connectivity index (χ1) is 10.8. The summed E-state index contributed by atoms with van der Waals surface area (Å²) in [4.78, 5) is 12.3. The molecule has 0 aliphatic carbocycles. The molecule has 0 aliphatic heterocycles. The molecule has 23 heavy (non-hydrogen) atoms. The number of azo groups is 1. The van der Waals surface area contributed by atoms with E-state index in [0.29, 0.717) is 16.5 Å². The molecule has 1 heterocycles. The average Bonchev–Trinajstić information content (AvgIpc) is 2.97. The van der Waals surface area contributed by atoms with E-state index in [1.54, 1.807) is 24.3 Å². The van der Waals surface area contributed by atoms with Crippen molar-refractivity contribution in [3.8, 4) is 6.07 Å². The fourth-order valence-electron chi connectivity index (χ4n) is 1.68. The van der Waals surface area contributed by atoms with E-state index in [9.17, 15) is 4.79 Å². The van der Waals surface area contributed by atoms with Crippen molar-refractivity contribution in [2.24, 2.45) is 10.2 Å². The summed E-state index contributed by atoms with van der Waals surface area (Å²) in [7, 11) is 0. The van der Waals surface area contributed by atoms with Gasteiger partial charge in [0.2, 0.25) is 11.8 Å². The monoisotopic (exact) mass is 330 g/mol. The standard InChI is InChI=1S/C16H15ClN4O2/c1-16(2,3)14-8-12(21-23-14)15(22)13(9-18)20-19-11-6-4-5-10(17)7-11/h4-8,13H,1-3H3. The van der Waals surface area contributed by atoms with Crippen LogP contribution >= 0.6 is 11.6 Å². The molecular formula is C16H15ClN4O2. The number of carbonyl (C=O) groups excluding carboxylic acids is 1. The second-order valence-corrected chi connectivity index (χ2v) is 6.35. The fourth-order valence-corrected chi connectivity index (χ4v) is 1.87. The van der Waals surface area contributed by atoms with Crippen LogP contribution in [0.5, 0.6) is 0 Å². The largest absolute Gasteiger partial charge is 0.360 e. The van der Waals surface area contributed by atoms with Gasteiger partial charge in [0.1, 0.15) is 11.8 Å². The molecular weight excluding hydrogens is 316 g/mol. The Morgan fingerprint density at radius 2 is 2.13 bits per heavy atom. The number of halogens is 1. The van der Waals surface area contributed by atoms with Gasteiger partial charge in [-0.15, -0.1) is 0 Å². The Bertz CT molecular complexity index is 784. The molecule has 0 bridgehead atoms. The number of nitrogens with zero attached hydrogens (tertiary/aromatic N) is 4. The van der Waals surface area contributed by atoms with Crippen LogP contribution in [0.2, 0.25) is 5.02 Å². The van der Waals surface area contributed by atoms with E-state index in [4.69, 9.17) is 21.4 Å². The highest BCUT2D eigenvalue weighted by Crippen LogP contribution is 2.24. The van der Waals surface area contributed by atoms with Crippen LogP contribution < -0.4 is 0 Å². The Morgan fingerprint density at radius 3 is 2.70 bits per heavy atom. The molecule has 1 unspecified atom stereocenters. The maximum absolute atomic E-state index is 12.3. The molecule has 0 aliphatic rings. The molecule has 6 nitrogen and oxygen atoms in total. The number of hydrogen-bond donors (Lipinski definition) is 0. The number of ketones is 1. The van der Waals surface area contributed by atoms with Gasteiger partial charge in [0.05, 0.1) is 5.69 Å². The van der Waals surface area contributed by atoms with Gasteiger partial charge in [-0.25, -0.2) is 0 Å². The van der Waals surface area contributed by atoms with Crippen molar-refractivity contribution in [3.05, 3.63) is 46.8 Å². The van der Waals surface area contributed by atoms with Gasteiger partial charge in [0.25, 0.3) is 0 Å². The molecule has 0 spiro atoms. The number of nitriles is 1. The van der Waals surface area contributed by atoms with Crippen LogP contribution in [0.15, 0.2) is 45.1 Å². The van der Waals surface area contributed by atoms with Crippen LogP contribution in [0.25, 0.3) is 0 Å². The van der Waals surface area contributed by atoms with Gasteiger partial charge in [-0.2, -0.15) is 15.5 Å². The highest BCUT2D eigenvalue weighted by atomic mass is 35.5. The molecule has 1 aromatic heterocycles. The first-order valence-corrected chi connectivity index (χ1v) is 7.26. The molecule has 1 aromatic carbocycles.